The van der Waals surface area contributed by atoms with Gasteiger partial charge in [-0.3, -0.25) is 4.79 Å². The molecule has 0 fully saturated rings. The van der Waals surface area contributed by atoms with Gasteiger partial charge in [0.05, 0.1) is 22.7 Å². The summed E-state index contributed by atoms with van der Waals surface area (Å²) in [5, 5.41) is 4.53. The smallest absolute Gasteiger partial charge is 0.236 e. The van der Waals surface area contributed by atoms with Crippen molar-refractivity contribution in [3.8, 4) is 10.8 Å². The molecule has 1 N–H and O–H groups in total. The first kappa shape index (κ1) is 19.2. The predicted molar refractivity (Wildman–Crippen MR) is 102 cm³/mol. The van der Waals surface area contributed by atoms with E-state index >= 15 is 0 Å². The molecular weight excluding hydrogens is 391 g/mol. The van der Waals surface area contributed by atoms with Crippen molar-refractivity contribution in [2.24, 2.45) is 0 Å². The van der Waals surface area contributed by atoms with Crippen molar-refractivity contribution in [1.29, 1.82) is 0 Å². The van der Waals surface area contributed by atoms with E-state index in [-0.39, 0.29) is 23.4 Å². The lowest BCUT2D eigenvalue weighted by molar-refractivity contribution is -0.115. The van der Waals surface area contributed by atoms with Crippen molar-refractivity contribution in [2.75, 3.05) is 11.6 Å². The summed E-state index contributed by atoms with van der Waals surface area (Å²) in [5.41, 5.74) is 0.941. The lowest BCUT2D eigenvalue weighted by Gasteiger charge is -2.10. The van der Waals surface area contributed by atoms with Crippen LogP contribution in [0.2, 0.25) is 0 Å². The number of nitrogens with zero attached hydrogens (tertiary/aromatic N) is 1. The number of hydrogen-bond donors (Lipinski definition) is 1. The number of carbonyl (C=O) groups excluding carboxylic acids is 1. The zero-order chi connectivity index (χ0) is 19.6. The molecule has 0 spiro atoms. The number of rotatable bonds is 6. The van der Waals surface area contributed by atoms with Crippen LogP contribution in [0.3, 0.4) is 0 Å². The van der Waals surface area contributed by atoms with Crippen LogP contribution in [0.4, 0.5) is 10.1 Å². The summed E-state index contributed by atoms with van der Waals surface area (Å²) >= 11 is 1.48. The second-order valence-electron chi connectivity index (χ2n) is 6.10. The van der Waals surface area contributed by atoms with Gasteiger partial charge in [0.2, 0.25) is 11.8 Å². The highest BCUT2D eigenvalue weighted by molar-refractivity contribution is 7.89. The monoisotopic (exact) mass is 408 g/mol. The standard InChI is InChI=1S/C18H17FN2O4S2/c1-11-15(21-18(25-11)16-4-3-7-26-16)9-17(22)20-14-6-5-13(19)8-12(14)10-27(2,23)24/h3-8H,9-10H2,1-2H3,(H,20,22). The minimum Gasteiger partial charge on any atom is -0.440 e. The average molecular weight is 408 g/mol. The minimum atomic E-state index is -3.38. The minimum absolute atomic E-state index is 0.0452. The van der Waals surface area contributed by atoms with Crippen molar-refractivity contribution in [3.05, 3.63) is 58.5 Å². The molecule has 142 valence electrons. The summed E-state index contributed by atoms with van der Waals surface area (Å²) in [7, 11) is -3.38. The van der Waals surface area contributed by atoms with Gasteiger partial charge in [-0.2, -0.15) is 0 Å². The molecule has 3 aromatic rings. The summed E-state index contributed by atoms with van der Waals surface area (Å²) in [5.74, 6) is -0.356. The van der Waals surface area contributed by atoms with Gasteiger partial charge in [0.1, 0.15) is 11.6 Å². The first-order valence-electron chi connectivity index (χ1n) is 7.97. The molecule has 2 aromatic heterocycles. The Morgan fingerprint density at radius 1 is 1.33 bits per heavy atom. The van der Waals surface area contributed by atoms with Gasteiger partial charge in [0, 0.05) is 11.9 Å². The van der Waals surface area contributed by atoms with Crippen molar-refractivity contribution in [1.82, 2.24) is 4.98 Å². The molecule has 6 nitrogen and oxygen atoms in total. The summed E-state index contributed by atoms with van der Waals surface area (Å²) in [6.07, 6.45) is 1.00. The van der Waals surface area contributed by atoms with Gasteiger partial charge >= 0.3 is 0 Å². The number of hydrogen-bond acceptors (Lipinski definition) is 6. The Bertz CT molecular complexity index is 1070. The Balaban J connectivity index is 1.77. The maximum Gasteiger partial charge on any atom is 0.236 e. The molecule has 0 radical (unpaired) electrons. The van der Waals surface area contributed by atoms with Crippen molar-refractivity contribution in [3.63, 3.8) is 0 Å². The van der Waals surface area contributed by atoms with Crippen LogP contribution >= 0.6 is 11.3 Å². The van der Waals surface area contributed by atoms with Crippen LogP contribution < -0.4 is 5.32 Å². The topological polar surface area (TPSA) is 89.3 Å². The fourth-order valence-corrected chi connectivity index (χ4v) is 3.98. The van der Waals surface area contributed by atoms with E-state index in [2.05, 4.69) is 10.3 Å². The maximum absolute atomic E-state index is 13.5. The highest BCUT2D eigenvalue weighted by atomic mass is 32.2. The molecule has 0 bridgehead atoms. The number of nitrogens with one attached hydrogen (secondary N) is 1. The Morgan fingerprint density at radius 2 is 2.11 bits per heavy atom. The highest BCUT2D eigenvalue weighted by Crippen LogP contribution is 2.26. The number of carbonyl (C=O) groups is 1. The van der Waals surface area contributed by atoms with E-state index in [1.54, 1.807) is 6.92 Å². The van der Waals surface area contributed by atoms with E-state index in [1.807, 2.05) is 17.5 Å². The Hall–Kier alpha value is -2.52. The number of thiophene rings is 1. The normalized spacial score (nSPS) is 11.5. The third-order valence-electron chi connectivity index (χ3n) is 3.71. The molecule has 9 heteroatoms. The number of oxazole rings is 1. The van der Waals surface area contributed by atoms with Crippen LogP contribution in [0, 0.1) is 12.7 Å². The second-order valence-corrected chi connectivity index (χ2v) is 9.18. The van der Waals surface area contributed by atoms with Crippen LogP contribution in [-0.2, 0) is 26.8 Å². The fourth-order valence-electron chi connectivity index (χ4n) is 2.53. The van der Waals surface area contributed by atoms with Gasteiger partial charge in [-0.05, 0) is 42.1 Å². The molecule has 0 aliphatic carbocycles. The molecule has 0 aliphatic rings. The molecule has 1 aromatic carbocycles. The molecule has 0 saturated heterocycles. The Labute approximate surface area is 160 Å². The molecule has 0 saturated carbocycles. The first-order valence-corrected chi connectivity index (χ1v) is 10.9. The van der Waals surface area contributed by atoms with Gasteiger partial charge in [-0.15, -0.1) is 11.3 Å². The van der Waals surface area contributed by atoms with Crippen LogP contribution in [0.25, 0.3) is 10.8 Å². The number of sulfone groups is 1. The molecule has 27 heavy (non-hydrogen) atoms. The maximum atomic E-state index is 13.5. The Morgan fingerprint density at radius 3 is 2.78 bits per heavy atom. The number of aryl methyl sites for hydroxylation is 1. The zero-order valence-electron chi connectivity index (χ0n) is 14.7. The van der Waals surface area contributed by atoms with E-state index in [0.717, 1.165) is 23.3 Å². The number of benzene rings is 1. The van der Waals surface area contributed by atoms with Crippen LogP contribution in [0.5, 0.6) is 0 Å². The summed E-state index contributed by atoms with van der Waals surface area (Å²) in [4.78, 5) is 17.6. The summed E-state index contributed by atoms with van der Waals surface area (Å²) in [6.45, 7) is 1.72. The number of anilines is 1. The van der Waals surface area contributed by atoms with E-state index < -0.39 is 21.6 Å². The van der Waals surface area contributed by atoms with E-state index in [0.29, 0.717) is 17.3 Å². The molecule has 0 aliphatic heterocycles. The molecule has 0 atom stereocenters. The van der Waals surface area contributed by atoms with Gasteiger partial charge < -0.3 is 9.73 Å². The molecule has 3 rings (SSSR count). The molecule has 0 unspecified atom stereocenters. The summed E-state index contributed by atoms with van der Waals surface area (Å²) < 4.78 is 42.2. The number of halogens is 1. The summed E-state index contributed by atoms with van der Waals surface area (Å²) in [6, 6.07) is 7.37. The van der Waals surface area contributed by atoms with Crippen LogP contribution in [-0.4, -0.2) is 25.6 Å². The first-order chi connectivity index (χ1) is 12.7. The molecule has 1 amide bonds. The second kappa shape index (κ2) is 7.61. The van der Waals surface area contributed by atoms with Crippen molar-refractivity contribution < 1.29 is 22.0 Å². The Kier molecular flexibility index (Phi) is 5.43. The quantitative estimate of drug-likeness (QED) is 0.673. The zero-order valence-corrected chi connectivity index (χ0v) is 16.3. The molecular formula is C18H17FN2O4S2. The van der Waals surface area contributed by atoms with E-state index in [4.69, 9.17) is 4.42 Å². The molecule has 2 heterocycles. The average Bonchev–Trinajstić information content (AvgIpc) is 3.19. The fraction of sp³-hybridized carbons (Fsp3) is 0.222. The predicted octanol–water partition coefficient (Wildman–Crippen LogP) is 3.58. The van der Waals surface area contributed by atoms with Gasteiger partial charge in [0.25, 0.3) is 0 Å². The van der Waals surface area contributed by atoms with E-state index in [1.165, 1.54) is 17.4 Å². The largest absolute Gasteiger partial charge is 0.440 e. The number of aromatic nitrogens is 1. The lowest BCUT2D eigenvalue weighted by Crippen LogP contribution is -2.17. The van der Waals surface area contributed by atoms with Crippen molar-refractivity contribution in [2.45, 2.75) is 19.1 Å². The van der Waals surface area contributed by atoms with Crippen LogP contribution in [0.15, 0.2) is 40.1 Å². The SMILES string of the molecule is Cc1oc(-c2cccs2)nc1CC(=O)Nc1ccc(F)cc1CS(C)(=O)=O. The van der Waals surface area contributed by atoms with Crippen molar-refractivity contribution >= 4 is 32.8 Å². The lowest BCUT2D eigenvalue weighted by atomic mass is 10.2. The van der Waals surface area contributed by atoms with Gasteiger partial charge in [-0.1, -0.05) is 6.07 Å². The van der Waals surface area contributed by atoms with Crippen LogP contribution in [0.1, 0.15) is 17.0 Å². The third kappa shape index (κ3) is 5.01. The van der Waals surface area contributed by atoms with Gasteiger partial charge in [-0.25, -0.2) is 17.8 Å². The van der Waals surface area contributed by atoms with E-state index in [9.17, 15) is 17.6 Å². The highest BCUT2D eigenvalue weighted by Gasteiger charge is 2.17. The van der Waals surface area contributed by atoms with Gasteiger partial charge in [0.15, 0.2) is 9.84 Å². The third-order valence-corrected chi connectivity index (χ3v) is 5.40. The number of amides is 1.